The van der Waals surface area contributed by atoms with Crippen molar-refractivity contribution in [2.45, 2.75) is 52.6 Å². The molecule has 0 bridgehead atoms. The molecule has 0 radical (unpaired) electrons. The Kier molecular flexibility index (Phi) is 24.4. The molecule has 0 aromatic carbocycles. The van der Waals surface area contributed by atoms with Gasteiger partial charge in [0.15, 0.2) is 0 Å². The van der Waals surface area contributed by atoms with Crippen LogP contribution in [0.15, 0.2) is 0 Å². The summed E-state index contributed by atoms with van der Waals surface area (Å²) in [6, 6.07) is 0. The van der Waals surface area contributed by atoms with E-state index in [1.165, 1.54) is 0 Å². The predicted molar refractivity (Wildman–Crippen MR) is 132 cm³/mol. The Morgan fingerprint density at radius 3 is 1.14 bits per heavy atom. The maximum absolute atomic E-state index is 11.5. The highest BCUT2D eigenvalue weighted by molar-refractivity contribution is 5.70. The average molecular weight is 525 g/mol. The van der Waals surface area contributed by atoms with Crippen LogP contribution in [-0.2, 0) is 52.2 Å². The van der Waals surface area contributed by atoms with Gasteiger partial charge >= 0.3 is 11.9 Å². The molecule has 0 amide bonds. The van der Waals surface area contributed by atoms with E-state index in [4.69, 9.17) is 42.6 Å². The minimum absolute atomic E-state index is 0.191. The van der Waals surface area contributed by atoms with Crippen molar-refractivity contribution >= 4 is 11.9 Å². The molecule has 0 aliphatic heterocycles. The van der Waals surface area contributed by atoms with Gasteiger partial charge in [-0.05, 0) is 27.2 Å². The van der Waals surface area contributed by atoms with Crippen molar-refractivity contribution in [3.05, 3.63) is 0 Å². The van der Waals surface area contributed by atoms with E-state index in [0.29, 0.717) is 98.9 Å². The summed E-state index contributed by atoms with van der Waals surface area (Å²) in [6.45, 7) is 14.0. The standard InChI is InChI=1S/C25H48O11/c1-5-6-23(26)35-22-21-34-20-19-33-18-17-32-16-15-31-14-13-30-12-11-29-10-9-28-8-7-24(27)36-25(2,3)4/h5-22H2,1-4H3. The number of hydrogen-bond acceptors (Lipinski definition) is 11. The third-order valence-corrected chi connectivity index (χ3v) is 4.05. The molecule has 0 heterocycles. The average Bonchev–Trinajstić information content (AvgIpc) is 2.81. The number of ether oxygens (including phenoxy) is 9. The number of esters is 2. The van der Waals surface area contributed by atoms with E-state index in [-0.39, 0.29) is 25.0 Å². The van der Waals surface area contributed by atoms with E-state index >= 15 is 0 Å². The lowest BCUT2D eigenvalue weighted by Gasteiger charge is -2.19. The zero-order valence-corrected chi connectivity index (χ0v) is 22.7. The summed E-state index contributed by atoms with van der Waals surface area (Å²) in [5.41, 5.74) is -0.471. The van der Waals surface area contributed by atoms with Gasteiger partial charge in [-0.1, -0.05) is 6.92 Å². The molecule has 214 valence electrons. The molecule has 0 unspecified atom stereocenters. The van der Waals surface area contributed by atoms with Gasteiger partial charge in [0.2, 0.25) is 0 Å². The van der Waals surface area contributed by atoms with Crippen LogP contribution in [0.5, 0.6) is 0 Å². The van der Waals surface area contributed by atoms with E-state index in [2.05, 4.69) is 0 Å². The summed E-state index contributed by atoms with van der Waals surface area (Å²) in [5, 5.41) is 0. The summed E-state index contributed by atoms with van der Waals surface area (Å²) in [6.07, 6.45) is 1.46. The molecular weight excluding hydrogens is 476 g/mol. The molecule has 11 nitrogen and oxygen atoms in total. The second-order valence-corrected chi connectivity index (χ2v) is 8.59. The normalized spacial score (nSPS) is 11.6. The highest BCUT2D eigenvalue weighted by Gasteiger charge is 2.15. The zero-order chi connectivity index (χ0) is 26.7. The van der Waals surface area contributed by atoms with Crippen LogP contribution < -0.4 is 0 Å². The van der Waals surface area contributed by atoms with Crippen molar-refractivity contribution in [3.8, 4) is 0 Å². The third kappa shape index (κ3) is 28.9. The quantitative estimate of drug-likeness (QED) is 0.122. The molecule has 0 spiro atoms. The van der Waals surface area contributed by atoms with Crippen LogP contribution in [0, 0.1) is 0 Å². The molecular formula is C25H48O11. The summed E-state index contributed by atoms with van der Waals surface area (Å²) >= 11 is 0. The first-order valence-corrected chi connectivity index (χ1v) is 12.8. The largest absolute Gasteiger partial charge is 0.463 e. The summed E-state index contributed by atoms with van der Waals surface area (Å²) in [7, 11) is 0. The van der Waals surface area contributed by atoms with Crippen LogP contribution in [0.25, 0.3) is 0 Å². The molecule has 0 rings (SSSR count). The molecule has 0 atom stereocenters. The van der Waals surface area contributed by atoms with E-state index in [9.17, 15) is 9.59 Å². The smallest absolute Gasteiger partial charge is 0.308 e. The van der Waals surface area contributed by atoms with Gasteiger partial charge < -0.3 is 42.6 Å². The van der Waals surface area contributed by atoms with Crippen molar-refractivity contribution in [2.24, 2.45) is 0 Å². The Balaban J connectivity index is 3.13. The van der Waals surface area contributed by atoms with Gasteiger partial charge in [0.25, 0.3) is 0 Å². The molecule has 0 aromatic heterocycles. The van der Waals surface area contributed by atoms with Gasteiger partial charge in [-0.3, -0.25) is 9.59 Å². The number of rotatable bonds is 26. The lowest BCUT2D eigenvalue weighted by atomic mass is 10.2. The second-order valence-electron chi connectivity index (χ2n) is 8.59. The maximum Gasteiger partial charge on any atom is 0.308 e. The van der Waals surface area contributed by atoms with Crippen LogP contribution in [-0.4, -0.2) is 117 Å². The zero-order valence-electron chi connectivity index (χ0n) is 22.7. The Labute approximate surface area is 216 Å². The van der Waals surface area contributed by atoms with Crippen LogP contribution in [0.1, 0.15) is 47.0 Å². The van der Waals surface area contributed by atoms with E-state index in [1.54, 1.807) is 0 Å². The Bertz CT molecular complexity index is 509. The van der Waals surface area contributed by atoms with Gasteiger partial charge in [0.1, 0.15) is 12.2 Å². The molecule has 36 heavy (non-hydrogen) atoms. The Morgan fingerprint density at radius 1 is 0.472 bits per heavy atom. The first kappa shape index (κ1) is 34.7. The lowest BCUT2D eigenvalue weighted by Crippen LogP contribution is -2.24. The number of carbonyl (C=O) groups excluding carboxylic acids is 2. The first-order chi connectivity index (χ1) is 17.3. The van der Waals surface area contributed by atoms with Crippen molar-refractivity contribution in [3.63, 3.8) is 0 Å². The van der Waals surface area contributed by atoms with E-state index in [0.717, 1.165) is 6.42 Å². The molecule has 0 fully saturated rings. The fourth-order valence-electron chi connectivity index (χ4n) is 2.46. The van der Waals surface area contributed by atoms with Crippen molar-refractivity contribution in [1.29, 1.82) is 0 Å². The Morgan fingerprint density at radius 2 is 0.806 bits per heavy atom. The fraction of sp³-hybridized carbons (Fsp3) is 0.920. The molecule has 0 aliphatic rings. The Hall–Kier alpha value is -1.34. The summed E-state index contributed by atoms with van der Waals surface area (Å²) in [5.74, 6) is -0.456. The molecule has 0 saturated heterocycles. The van der Waals surface area contributed by atoms with Gasteiger partial charge in [-0.25, -0.2) is 0 Å². The molecule has 0 saturated carbocycles. The van der Waals surface area contributed by atoms with Gasteiger partial charge in [-0.15, -0.1) is 0 Å². The molecule has 0 aromatic rings. The van der Waals surface area contributed by atoms with Crippen LogP contribution >= 0.6 is 0 Å². The minimum atomic E-state index is -0.471. The maximum atomic E-state index is 11.5. The highest BCUT2D eigenvalue weighted by atomic mass is 16.6. The molecule has 11 heteroatoms. The van der Waals surface area contributed by atoms with E-state index in [1.807, 2.05) is 27.7 Å². The van der Waals surface area contributed by atoms with Crippen LogP contribution in [0.3, 0.4) is 0 Å². The van der Waals surface area contributed by atoms with Crippen molar-refractivity contribution in [2.75, 3.05) is 99.1 Å². The third-order valence-electron chi connectivity index (χ3n) is 4.05. The monoisotopic (exact) mass is 524 g/mol. The topological polar surface area (TPSA) is 117 Å². The van der Waals surface area contributed by atoms with Crippen LogP contribution in [0.2, 0.25) is 0 Å². The van der Waals surface area contributed by atoms with Gasteiger partial charge in [-0.2, -0.15) is 0 Å². The van der Waals surface area contributed by atoms with Gasteiger partial charge in [0.05, 0.1) is 98.9 Å². The van der Waals surface area contributed by atoms with Crippen molar-refractivity contribution < 1.29 is 52.2 Å². The second kappa shape index (κ2) is 25.3. The van der Waals surface area contributed by atoms with E-state index < -0.39 is 5.60 Å². The summed E-state index contributed by atoms with van der Waals surface area (Å²) < 4.78 is 47.9. The lowest BCUT2D eigenvalue weighted by molar-refractivity contribution is -0.156. The van der Waals surface area contributed by atoms with Crippen LogP contribution in [0.4, 0.5) is 0 Å². The molecule has 0 N–H and O–H groups in total. The minimum Gasteiger partial charge on any atom is -0.463 e. The number of carbonyl (C=O) groups is 2. The number of hydrogen-bond donors (Lipinski definition) is 0. The molecule has 0 aliphatic carbocycles. The SMILES string of the molecule is CCCC(=O)OCCOCCOCCOCCOCCOCCOCCOCCC(=O)OC(C)(C)C. The fourth-order valence-corrected chi connectivity index (χ4v) is 2.46. The highest BCUT2D eigenvalue weighted by Crippen LogP contribution is 2.08. The van der Waals surface area contributed by atoms with Crippen molar-refractivity contribution in [1.82, 2.24) is 0 Å². The predicted octanol–water partition coefficient (Wildman–Crippen LogP) is 2.18. The van der Waals surface area contributed by atoms with Gasteiger partial charge in [0, 0.05) is 6.42 Å². The summed E-state index contributed by atoms with van der Waals surface area (Å²) in [4.78, 5) is 22.7. The first-order valence-electron chi connectivity index (χ1n) is 12.8.